The molecule has 4 aliphatic rings. The van der Waals surface area contributed by atoms with Crippen molar-refractivity contribution in [2.45, 2.75) is 58.8 Å². The molecular weight excluding hydrogens is 877 g/mol. The van der Waals surface area contributed by atoms with Gasteiger partial charge < -0.3 is 0 Å². The molecule has 0 spiro atoms. The van der Waals surface area contributed by atoms with E-state index in [4.69, 9.17) is 0 Å². The van der Waals surface area contributed by atoms with Crippen LogP contribution in [0.3, 0.4) is 0 Å². The monoisotopic (exact) mass is 934 g/mol. The number of aryl methyl sites for hydroxylation is 1. The van der Waals surface area contributed by atoms with Crippen molar-refractivity contribution < 1.29 is 0 Å². The van der Waals surface area contributed by atoms with Crippen LogP contribution in [0.25, 0.3) is 88.3 Å². The molecule has 14 rings (SSSR count). The maximum absolute atomic E-state index is 2.55. The fraction of sp³-hybridized carbons (Fsp3) is 0.151. The van der Waals surface area contributed by atoms with Crippen LogP contribution in [-0.2, 0) is 17.3 Å². The van der Waals surface area contributed by atoms with Gasteiger partial charge in [-0.2, -0.15) is 0 Å². The van der Waals surface area contributed by atoms with Gasteiger partial charge in [-0.05, 0) is 174 Å². The second kappa shape index (κ2) is 16.2. The third kappa shape index (κ3) is 6.46. The summed E-state index contributed by atoms with van der Waals surface area (Å²) in [6.45, 7) is 14.3. The average molecular weight is 935 g/mol. The van der Waals surface area contributed by atoms with Crippen LogP contribution in [0.15, 0.2) is 224 Å². The number of hydrogen-bond donors (Lipinski definition) is 0. The van der Waals surface area contributed by atoms with Gasteiger partial charge in [-0.25, -0.2) is 0 Å². The Balaban J connectivity index is 0.890. The summed E-state index contributed by atoms with van der Waals surface area (Å²) in [5, 5.41) is 7.78. The molecule has 0 fully saturated rings. The van der Waals surface area contributed by atoms with Crippen LogP contribution in [0.2, 0.25) is 0 Å². The Morgan fingerprint density at radius 1 is 0.397 bits per heavy atom. The van der Waals surface area contributed by atoms with Crippen molar-refractivity contribution in [2.24, 2.45) is 11.8 Å². The summed E-state index contributed by atoms with van der Waals surface area (Å²) >= 11 is 0. The predicted octanol–water partition coefficient (Wildman–Crippen LogP) is 17.3. The summed E-state index contributed by atoms with van der Waals surface area (Å²) in [6.07, 6.45) is 8.19. The van der Waals surface area contributed by atoms with Crippen LogP contribution in [-0.4, -0.2) is 0 Å². The summed E-state index contributed by atoms with van der Waals surface area (Å²) in [6, 6.07) is 76.6. The van der Waals surface area contributed by atoms with Gasteiger partial charge in [-0.1, -0.05) is 242 Å². The Kier molecular flexibility index (Phi) is 9.71. The first-order valence-electron chi connectivity index (χ1n) is 26.5. The Hall–Kier alpha value is -8.06. The zero-order valence-corrected chi connectivity index (χ0v) is 42.6. The lowest BCUT2D eigenvalue weighted by molar-refractivity contribution is 0.597. The largest absolute Gasteiger partial charge is 0.0807 e. The summed E-state index contributed by atoms with van der Waals surface area (Å²) in [5.41, 5.74) is 26.5. The van der Waals surface area contributed by atoms with E-state index in [-0.39, 0.29) is 16.7 Å². The van der Waals surface area contributed by atoms with Gasteiger partial charge in [0.1, 0.15) is 0 Å². The zero-order valence-electron chi connectivity index (χ0n) is 42.6. The van der Waals surface area contributed by atoms with Gasteiger partial charge in [0, 0.05) is 16.7 Å². The van der Waals surface area contributed by atoms with Crippen LogP contribution in [0.4, 0.5) is 0 Å². The van der Waals surface area contributed by atoms with Gasteiger partial charge >= 0.3 is 0 Å². The lowest BCUT2D eigenvalue weighted by atomic mass is 9.68. The van der Waals surface area contributed by atoms with Crippen LogP contribution in [0, 0.1) is 11.8 Å². The Morgan fingerprint density at radius 2 is 0.836 bits per heavy atom. The topological polar surface area (TPSA) is 0 Å². The van der Waals surface area contributed by atoms with E-state index in [1.807, 2.05) is 0 Å². The molecule has 73 heavy (non-hydrogen) atoms. The second-order valence-corrected chi connectivity index (χ2v) is 22.2. The molecule has 2 unspecified atom stereocenters. The molecule has 2 atom stereocenters. The van der Waals surface area contributed by atoms with Gasteiger partial charge in [0.15, 0.2) is 0 Å². The fourth-order valence-corrected chi connectivity index (χ4v) is 13.8. The molecule has 10 aromatic rings. The van der Waals surface area contributed by atoms with Gasteiger partial charge in [-0.3, -0.25) is 0 Å². The number of benzene rings is 10. The van der Waals surface area contributed by atoms with E-state index in [0.29, 0.717) is 5.92 Å². The molecule has 0 amide bonds. The minimum atomic E-state index is -0.227. The van der Waals surface area contributed by atoms with Crippen LogP contribution >= 0.6 is 0 Å². The second-order valence-electron chi connectivity index (χ2n) is 22.2. The molecule has 0 aromatic heterocycles. The SMILES string of the molecule is CCc1ccc(-c2ccc(-c3c4ccccc4c(-c4ccc5c(c4)C(C)(C)c4cc(C6=c7ccccc7=C(c7ccc8c(c7)C(C)(C)c7ccccc7-8)C7C6=CC=CC7C)ccc4-5)c4ccccc34)cc2)cc1. The molecule has 0 saturated carbocycles. The first-order valence-corrected chi connectivity index (χ1v) is 26.5. The first-order chi connectivity index (χ1) is 35.6. The van der Waals surface area contributed by atoms with Crippen molar-refractivity contribution in [2.75, 3.05) is 0 Å². The Labute approximate surface area is 430 Å². The van der Waals surface area contributed by atoms with Crippen LogP contribution < -0.4 is 10.4 Å². The molecule has 350 valence electrons. The highest BCUT2D eigenvalue weighted by atomic mass is 14.4. The highest BCUT2D eigenvalue weighted by Gasteiger charge is 2.40. The van der Waals surface area contributed by atoms with Crippen molar-refractivity contribution >= 4 is 32.7 Å². The van der Waals surface area contributed by atoms with Crippen molar-refractivity contribution in [1.29, 1.82) is 0 Å². The zero-order chi connectivity index (χ0) is 49.3. The van der Waals surface area contributed by atoms with Crippen molar-refractivity contribution in [3.05, 3.63) is 273 Å². The third-order valence-electron chi connectivity index (χ3n) is 17.6. The van der Waals surface area contributed by atoms with E-state index in [2.05, 4.69) is 260 Å². The minimum Gasteiger partial charge on any atom is -0.0807 e. The van der Waals surface area contributed by atoms with Crippen LogP contribution in [0.1, 0.15) is 80.5 Å². The number of hydrogen-bond acceptors (Lipinski definition) is 0. The van der Waals surface area contributed by atoms with Crippen molar-refractivity contribution in [1.82, 2.24) is 0 Å². The van der Waals surface area contributed by atoms with Gasteiger partial charge in [0.2, 0.25) is 0 Å². The quantitative estimate of drug-likeness (QED) is 0.146. The molecule has 0 N–H and O–H groups in total. The van der Waals surface area contributed by atoms with Gasteiger partial charge in [0.05, 0.1) is 0 Å². The molecule has 0 radical (unpaired) electrons. The van der Waals surface area contributed by atoms with Crippen molar-refractivity contribution in [3.63, 3.8) is 0 Å². The van der Waals surface area contributed by atoms with E-state index in [9.17, 15) is 0 Å². The van der Waals surface area contributed by atoms with E-state index >= 15 is 0 Å². The summed E-state index contributed by atoms with van der Waals surface area (Å²) in [4.78, 5) is 0. The maximum Gasteiger partial charge on any atom is 0.0168 e. The average Bonchev–Trinajstić information content (AvgIpc) is 3.80. The third-order valence-corrected chi connectivity index (χ3v) is 17.6. The Bertz CT molecular complexity index is 4110. The number of rotatable bonds is 6. The van der Waals surface area contributed by atoms with Gasteiger partial charge in [0.25, 0.3) is 0 Å². The van der Waals surface area contributed by atoms with E-state index in [0.717, 1.165) is 6.42 Å². The van der Waals surface area contributed by atoms with E-state index in [1.54, 1.807) is 0 Å². The number of allylic oxidation sites excluding steroid dienone is 4. The lowest BCUT2D eigenvalue weighted by Gasteiger charge is -2.35. The summed E-state index contributed by atoms with van der Waals surface area (Å²) < 4.78 is 0. The fourth-order valence-electron chi connectivity index (χ4n) is 13.8. The first kappa shape index (κ1) is 43.7. The molecule has 0 heterocycles. The molecule has 10 aromatic carbocycles. The Morgan fingerprint density at radius 3 is 1.45 bits per heavy atom. The predicted molar refractivity (Wildman–Crippen MR) is 309 cm³/mol. The molecule has 0 bridgehead atoms. The highest BCUT2D eigenvalue weighted by Crippen LogP contribution is 2.54. The minimum absolute atomic E-state index is 0.0672. The summed E-state index contributed by atoms with van der Waals surface area (Å²) in [5.74, 6) is 0.556. The van der Waals surface area contributed by atoms with Crippen molar-refractivity contribution in [3.8, 4) is 55.6 Å². The maximum atomic E-state index is 2.55. The molecule has 0 nitrogen and oxygen atoms in total. The van der Waals surface area contributed by atoms with Crippen LogP contribution in [0.5, 0.6) is 0 Å². The smallest absolute Gasteiger partial charge is 0.0168 e. The lowest BCUT2D eigenvalue weighted by Crippen LogP contribution is -2.39. The summed E-state index contributed by atoms with van der Waals surface area (Å²) in [7, 11) is 0. The molecule has 4 aliphatic carbocycles. The van der Waals surface area contributed by atoms with E-state index < -0.39 is 0 Å². The normalized spacial score (nSPS) is 17.4. The molecule has 0 aliphatic heterocycles. The van der Waals surface area contributed by atoms with Gasteiger partial charge in [-0.15, -0.1) is 0 Å². The van der Waals surface area contributed by atoms with E-state index in [1.165, 1.54) is 143 Å². The molecule has 0 saturated heterocycles. The number of fused-ring (bicyclic) bond motifs is 10. The standard InChI is InChI=1S/C73H58/c1-7-45-27-29-46(30-28-45)47-31-33-48(34-32-47)68-56-19-8-10-21-58(56)69(59-22-11-9-20-57(59)68)49-35-38-54-55-39-36-50(42-66(55)73(5,6)65(54)41-49)70-60-23-12-13-24-61(60)71(67-44(2)17-16-25-62(67)70)51-37-40-53-52-18-14-15-26-63(52)72(3,4)64(53)43-51/h8-44,67H,7H2,1-6H3. The molecular formula is C73H58. The highest BCUT2D eigenvalue weighted by molar-refractivity contribution is 6.21. The molecule has 0 heteroatoms.